The number of fused-ring (bicyclic) bond motifs is 3. The fourth-order valence-electron chi connectivity index (χ4n) is 5.81. The number of nitrogens with one attached hydrogen (secondary N) is 1. The maximum atomic E-state index is 13.4. The molecule has 2 N–H and O–H groups in total. The Hall–Kier alpha value is -2.42. The maximum Gasteiger partial charge on any atom is 0.339 e. The zero-order valence-electron chi connectivity index (χ0n) is 19.2. The number of carbonyl (C=O) groups is 1. The molecule has 0 radical (unpaired) electrons. The molecule has 1 aromatic heterocycles. The minimum Gasteiger partial charge on any atom is -0.396 e. The Balaban J connectivity index is 1.40. The van der Waals surface area contributed by atoms with Crippen molar-refractivity contribution in [3.8, 4) is 5.75 Å². The van der Waals surface area contributed by atoms with Crippen molar-refractivity contribution in [3.05, 3.63) is 59.5 Å². The van der Waals surface area contributed by atoms with Crippen molar-refractivity contribution in [2.75, 3.05) is 6.61 Å². The van der Waals surface area contributed by atoms with Crippen molar-refractivity contribution in [2.45, 2.75) is 44.0 Å². The third-order valence-corrected chi connectivity index (χ3v) is 10.1. The quantitative estimate of drug-likeness (QED) is 0.454. The normalized spacial score (nSPS) is 25.5. The average Bonchev–Trinajstić information content (AvgIpc) is 3.23. The van der Waals surface area contributed by atoms with Crippen LogP contribution < -0.4 is 9.50 Å². The molecular formula is C26H29NO5S2. The first-order chi connectivity index (χ1) is 16.2. The number of thiophene rings is 1. The Labute approximate surface area is 204 Å². The number of amides is 1. The third-order valence-electron chi connectivity index (χ3n) is 7.90. The summed E-state index contributed by atoms with van der Waals surface area (Å²) in [5, 5.41) is 15.3. The lowest BCUT2D eigenvalue weighted by Crippen LogP contribution is -2.63. The molecule has 1 heterocycles. The van der Waals surface area contributed by atoms with E-state index in [1.807, 2.05) is 5.38 Å². The number of benzene rings is 2. The van der Waals surface area contributed by atoms with E-state index in [1.54, 1.807) is 36.4 Å². The number of aliphatic hydroxyl groups is 1. The standard InChI is InChI=1S/C26H29NO5S2/c1-26(2)17-12-16(10-11-28)24(22(26)13-17)27-25(29)21-15-33-23-9-8-18(14-20(21)23)32-34(30,31)19-6-4-3-5-7-19/h3-9,14-17,22,24,28H,10-13H2,1-2H3,(H,27,29)/t16-,17-,22-,24+/m1/s1. The largest absolute Gasteiger partial charge is 0.396 e. The van der Waals surface area contributed by atoms with Gasteiger partial charge in [-0.3, -0.25) is 4.79 Å². The fourth-order valence-corrected chi connectivity index (χ4v) is 7.68. The van der Waals surface area contributed by atoms with Gasteiger partial charge in [0, 0.05) is 28.1 Å². The molecule has 3 aliphatic carbocycles. The predicted octanol–water partition coefficient (Wildman–Crippen LogP) is 4.83. The van der Waals surface area contributed by atoms with Crippen LogP contribution in [0.2, 0.25) is 0 Å². The van der Waals surface area contributed by atoms with Gasteiger partial charge in [-0.1, -0.05) is 32.0 Å². The molecule has 8 heteroatoms. The zero-order chi connectivity index (χ0) is 24.1. The van der Waals surface area contributed by atoms with Gasteiger partial charge >= 0.3 is 10.1 Å². The molecule has 3 saturated carbocycles. The molecule has 0 spiro atoms. The molecule has 6 nitrogen and oxygen atoms in total. The fraction of sp³-hybridized carbons (Fsp3) is 0.423. The minimum absolute atomic E-state index is 0.0208. The Morgan fingerprint density at radius 2 is 1.94 bits per heavy atom. The Bertz CT molecular complexity index is 1320. The van der Waals surface area contributed by atoms with Crippen molar-refractivity contribution in [3.63, 3.8) is 0 Å². The second kappa shape index (κ2) is 8.66. The summed E-state index contributed by atoms with van der Waals surface area (Å²) in [6.45, 7) is 4.67. The van der Waals surface area contributed by atoms with Crippen LogP contribution in [0.1, 0.15) is 43.5 Å². The van der Waals surface area contributed by atoms with E-state index in [4.69, 9.17) is 4.18 Å². The SMILES string of the molecule is CC1(C)[C@@H]2C[C@@H](CCO)[C@H](NC(=O)c3csc4ccc(OS(=O)(=O)c5ccccc5)cc34)[C@H]1C2. The van der Waals surface area contributed by atoms with Gasteiger partial charge in [0.25, 0.3) is 5.91 Å². The van der Waals surface area contributed by atoms with Crippen LogP contribution in [0.4, 0.5) is 0 Å². The predicted molar refractivity (Wildman–Crippen MR) is 133 cm³/mol. The van der Waals surface area contributed by atoms with Gasteiger partial charge in [0.15, 0.2) is 0 Å². The number of hydrogen-bond acceptors (Lipinski definition) is 6. The second-order valence-corrected chi connectivity index (χ2v) is 12.5. The molecule has 0 aliphatic heterocycles. The summed E-state index contributed by atoms with van der Waals surface area (Å²) in [4.78, 5) is 13.5. The van der Waals surface area contributed by atoms with Crippen LogP contribution in [0, 0.1) is 23.2 Å². The van der Waals surface area contributed by atoms with E-state index in [9.17, 15) is 18.3 Å². The first-order valence-electron chi connectivity index (χ1n) is 11.6. The van der Waals surface area contributed by atoms with Gasteiger partial charge in [-0.2, -0.15) is 8.42 Å². The van der Waals surface area contributed by atoms with E-state index < -0.39 is 10.1 Å². The topological polar surface area (TPSA) is 92.7 Å². The van der Waals surface area contributed by atoms with Gasteiger partial charge in [-0.15, -0.1) is 11.3 Å². The van der Waals surface area contributed by atoms with Gasteiger partial charge in [-0.05, 0) is 72.8 Å². The van der Waals surface area contributed by atoms with Crippen molar-refractivity contribution >= 4 is 37.4 Å². The molecule has 2 aromatic carbocycles. The molecule has 4 atom stereocenters. The summed E-state index contributed by atoms with van der Waals surface area (Å²) in [6.07, 6.45) is 2.82. The highest BCUT2D eigenvalue weighted by atomic mass is 32.2. The van der Waals surface area contributed by atoms with Gasteiger partial charge < -0.3 is 14.6 Å². The number of aliphatic hydroxyl groups excluding tert-OH is 1. The van der Waals surface area contributed by atoms with E-state index in [-0.39, 0.29) is 40.5 Å². The van der Waals surface area contributed by atoms with Gasteiger partial charge in [-0.25, -0.2) is 0 Å². The highest BCUT2D eigenvalue weighted by Crippen LogP contribution is 2.61. The highest BCUT2D eigenvalue weighted by Gasteiger charge is 2.57. The molecule has 180 valence electrons. The van der Waals surface area contributed by atoms with Gasteiger partial charge in [0.1, 0.15) is 10.6 Å². The van der Waals surface area contributed by atoms with Crippen LogP contribution in [0.3, 0.4) is 0 Å². The summed E-state index contributed by atoms with van der Waals surface area (Å²) in [7, 11) is -3.97. The van der Waals surface area contributed by atoms with Crippen LogP contribution in [0.15, 0.2) is 58.8 Å². The lowest BCUT2D eigenvalue weighted by atomic mass is 9.44. The van der Waals surface area contributed by atoms with Crippen LogP contribution in [-0.2, 0) is 10.1 Å². The Kier molecular flexibility index (Phi) is 5.94. The lowest BCUT2D eigenvalue weighted by molar-refractivity contribution is -0.114. The molecule has 0 unspecified atom stereocenters. The van der Waals surface area contributed by atoms with E-state index in [0.29, 0.717) is 29.2 Å². The molecule has 34 heavy (non-hydrogen) atoms. The summed E-state index contributed by atoms with van der Waals surface area (Å²) >= 11 is 1.44. The lowest BCUT2D eigenvalue weighted by Gasteiger charge is -2.62. The van der Waals surface area contributed by atoms with Crippen molar-refractivity contribution in [1.29, 1.82) is 0 Å². The van der Waals surface area contributed by atoms with Crippen molar-refractivity contribution < 1.29 is 22.5 Å². The smallest absolute Gasteiger partial charge is 0.339 e. The first kappa shape index (κ1) is 23.3. The molecule has 3 aromatic rings. The van der Waals surface area contributed by atoms with Gasteiger partial charge in [0.2, 0.25) is 0 Å². The second-order valence-electron chi connectivity index (χ2n) is 10.0. The van der Waals surface area contributed by atoms with Gasteiger partial charge in [0.05, 0.1) is 5.56 Å². The molecule has 1 amide bonds. The number of carbonyl (C=O) groups excluding carboxylic acids is 1. The zero-order valence-corrected chi connectivity index (χ0v) is 20.9. The van der Waals surface area contributed by atoms with E-state index in [2.05, 4.69) is 19.2 Å². The molecule has 2 bridgehead atoms. The Morgan fingerprint density at radius 3 is 2.65 bits per heavy atom. The summed E-state index contributed by atoms with van der Waals surface area (Å²) in [6, 6.07) is 13.0. The molecule has 3 aliphatic rings. The first-order valence-corrected chi connectivity index (χ1v) is 13.9. The Morgan fingerprint density at radius 1 is 1.18 bits per heavy atom. The van der Waals surface area contributed by atoms with Crippen LogP contribution >= 0.6 is 11.3 Å². The molecule has 3 fully saturated rings. The molecule has 6 rings (SSSR count). The van der Waals surface area contributed by atoms with Crippen LogP contribution in [-0.4, -0.2) is 32.1 Å². The number of rotatable bonds is 7. The van der Waals surface area contributed by atoms with E-state index >= 15 is 0 Å². The monoisotopic (exact) mass is 499 g/mol. The molecule has 0 saturated heterocycles. The van der Waals surface area contributed by atoms with E-state index in [0.717, 1.165) is 17.5 Å². The third kappa shape index (κ3) is 4.01. The van der Waals surface area contributed by atoms with Crippen molar-refractivity contribution in [1.82, 2.24) is 5.32 Å². The summed E-state index contributed by atoms with van der Waals surface area (Å²) in [5.41, 5.74) is 0.706. The van der Waals surface area contributed by atoms with Crippen LogP contribution in [0.5, 0.6) is 5.75 Å². The van der Waals surface area contributed by atoms with Crippen LogP contribution in [0.25, 0.3) is 10.1 Å². The minimum atomic E-state index is -3.97. The molecular weight excluding hydrogens is 470 g/mol. The summed E-state index contributed by atoms with van der Waals surface area (Å²) < 4.78 is 31.5. The highest BCUT2D eigenvalue weighted by molar-refractivity contribution is 7.87. The van der Waals surface area contributed by atoms with Crippen molar-refractivity contribution in [2.24, 2.45) is 23.2 Å². The maximum absolute atomic E-state index is 13.4. The van der Waals surface area contributed by atoms with E-state index in [1.165, 1.54) is 23.5 Å². The number of hydrogen-bond donors (Lipinski definition) is 2. The average molecular weight is 500 g/mol. The summed E-state index contributed by atoms with van der Waals surface area (Å²) in [5.74, 6) is 1.32.